The quantitative estimate of drug-likeness (QED) is 0.466. The van der Waals surface area contributed by atoms with Crippen molar-refractivity contribution >= 4 is 15.5 Å². The molecule has 6 nitrogen and oxygen atoms in total. The van der Waals surface area contributed by atoms with Gasteiger partial charge in [-0.3, -0.25) is 10.1 Å². The Bertz CT molecular complexity index is 540. The highest BCUT2D eigenvalue weighted by molar-refractivity contribution is 7.92. The number of nitrogens with one attached hydrogen (secondary N) is 1. The monoisotopic (exact) mass is 286 g/mol. The lowest BCUT2D eigenvalue weighted by atomic mass is 10.2. The summed E-state index contributed by atoms with van der Waals surface area (Å²) in [6.45, 7) is 4.05. The van der Waals surface area contributed by atoms with E-state index in [9.17, 15) is 18.5 Å². The maximum atomic E-state index is 11.6. The van der Waals surface area contributed by atoms with Gasteiger partial charge in [0.25, 0.3) is 5.69 Å². The Kier molecular flexibility index (Phi) is 5.44. The van der Waals surface area contributed by atoms with E-state index in [1.165, 1.54) is 12.1 Å². The third-order valence-corrected chi connectivity index (χ3v) is 4.94. The second kappa shape index (κ2) is 6.63. The third kappa shape index (κ3) is 4.96. The van der Waals surface area contributed by atoms with Gasteiger partial charge < -0.3 is 5.32 Å². The summed E-state index contributed by atoms with van der Waals surface area (Å²) in [6.07, 6.45) is 0. The van der Waals surface area contributed by atoms with Crippen LogP contribution in [-0.4, -0.2) is 30.9 Å². The van der Waals surface area contributed by atoms with Crippen LogP contribution in [0.2, 0.25) is 0 Å². The lowest BCUT2D eigenvalue weighted by molar-refractivity contribution is -0.384. The van der Waals surface area contributed by atoms with Gasteiger partial charge in [-0.05, 0) is 19.4 Å². The molecule has 0 aliphatic heterocycles. The second-order valence-electron chi connectivity index (χ2n) is 4.52. The molecule has 1 N–H and O–H groups in total. The standard InChI is InChI=1S/C12H18N2O4S/c1-10(2)19(17,18)7-6-13-9-11-4-3-5-12(8-11)14(15)16/h3-5,8,10,13H,6-7,9H2,1-2H3. The van der Waals surface area contributed by atoms with E-state index in [2.05, 4.69) is 5.32 Å². The number of hydrogen-bond acceptors (Lipinski definition) is 5. The lowest BCUT2D eigenvalue weighted by Gasteiger charge is -2.08. The molecule has 0 heterocycles. The Morgan fingerprint density at radius 3 is 2.63 bits per heavy atom. The van der Waals surface area contributed by atoms with Gasteiger partial charge in [0, 0.05) is 25.2 Å². The van der Waals surface area contributed by atoms with Gasteiger partial charge in [-0.25, -0.2) is 8.42 Å². The van der Waals surface area contributed by atoms with Crippen LogP contribution in [-0.2, 0) is 16.4 Å². The molecular weight excluding hydrogens is 268 g/mol. The Balaban J connectivity index is 2.46. The number of nitro benzene ring substituents is 1. The normalized spacial score (nSPS) is 11.7. The maximum absolute atomic E-state index is 11.6. The Labute approximate surface area is 112 Å². The second-order valence-corrected chi connectivity index (χ2v) is 7.20. The van der Waals surface area contributed by atoms with E-state index < -0.39 is 14.8 Å². The number of nitro groups is 1. The van der Waals surface area contributed by atoms with Crippen LogP contribution in [0, 0.1) is 10.1 Å². The third-order valence-electron chi connectivity index (χ3n) is 2.73. The van der Waals surface area contributed by atoms with Gasteiger partial charge in [0.1, 0.15) is 0 Å². The first-order valence-electron chi connectivity index (χ1n) is 5.98. The highest BCUT2D eigenvalue weighted by atomic mass is 32.2. The van der Waals surface area contributed by atoms with Gasteiger partial charge >= 0.3 is 0 Å². The van der Waals surface area contributed by atoms with E-state index in [-0.39, 0.29) is 16.7 Å². The van der Waals surface area contributed by atoms with Gasteiger partial charge in [0.15, 0.2) is 9.84 Å². The highest BCUT2D eigenvalue weighted by Gasteiger charge is 2.15. The van der Waals surface area contributed by atoms with Crippen molar-refractivity contribution < 1.29 is 13.3 Å². The molecule has 0 aromatic heterocycles. The minimum Gasteiger partial charge on any atom is -0.312 e. The molecule has 0 saturated heterocycles. The summed E-state index contributed by atoms with van der Waals surface area (Å²) in [5.41, 5.74) is 0.797. The zero-order valence-electron chi connectivity index (χ0n) is 11.0. The van der Waals surface area contributed by atoms with Crippen LogP contribution >= 0.6 is 0 Å². The van der Waals surface area contributed by atoms with Crippen LogP contribution in [0.3, 0.4) is 0 Å². The fourth-order valence-electron chi connectivity index (χ4n) is 1.46. The average molecular weight is 286 g/mol. The summed E-state index contributed by atoms with van der Waals surface area (Å²) in [4.78, 5) is 10.1. The fraction of sp³-hybridized carbons (Fsp3) is 0.500. The van der Waals surface area contributed by atoms with Gasteiger partial charge in [0.05, 0.1) is 15.9 Å². The van der Waals surface area contributed by atoms with E-state index in [1.807, 2.05) is 0 Å². The first kappa shape index (κ1) is 15.6. The first-order valence-corrected chi connectivity index (χ1v) is 7.70. The highest BCUT2D eigenvalue weighted by Crippen LogP contribution is 2.12. The average Bonchev–Trinajstić information content (AvgIpc) is 2.35. The van der Waals surface area contributed by atoms with E-state index >= 15 is 0 Å². The molecule has 0 fully saturated rings. The topological polar surface area (TPSA) is 89.3 Å². The zero-order valence-corrected chi connectivity index (χ0v) is 11.8. The molecule has 1 rings (SSSR count). The van der Waals surface area contributed by atoms with Gasteiger partial charge in [-0.15, -0.1) is 0 Å². The van der Waals surface area contributed by atoms with E-state index in [0.29, 0.717) is 13.1 Å². The molecule has 0 amide bonds. The maximum Gasteiger partial charge on any atom is 0.269 e. The zero-order chi connectivity index (χ0) is 14.5. The summed E-state index contributed by atoms with van der Waals surface area (Å²) in [6, 6.07) is 6.27. The molecule has 0 bridgehead atoms. The first-order chi connectivity index (χ1) is 8.83. The molecule has 0 saturated carbocycles. The van der Waals surface area contributed by atoms with E-state index in [4.69, 9.17) is 0 Å². The summed E-state index contributed by atoms with van der Waals surface area (Å²) < 4.78 is 23.1. The van der Waals surface area contributed by atoms with Gasteiger partial charge in [-0.1, -0.05) is 12.1 Å². The van der Waals surface area contributed by atoms with Crippen LogP contribution in [0.25, 0.3) is 0 Å². The SMILES string of the molecule is CC(C)S(=O)(=O)CCNCc1cccc([N+](=O)[O-])c1. The van der Waals surface area contributed by atoms with Crippen molar-refractivity contribution in [3.05, 3.63) is 39.9 Å². The summed E-state index contributed by atoms with van der Waals surface area (Å²) in [7, 11) is -3.04. The minimum atomic E-state index is -3.04. The number of sulfone groups is 1. The molecule has 0 aliphatic carbocycles. The van der Waals surface area contributed by atoms with Crippen molar-refractivity contribution in [1.82, 2.24) is 5.32 Å². The number of benzene rings is 1. The van der Waals surface area contributed by atoms with Crippen molar-refractivity contribution in [2.24, 2.45) is 0 Å². The number of rotatable bonds is 7. The molecule has 0 atom stereocenters. The number of non-ortho nitro benzene ring substituents is 1. The molecule has 106 valence electrons. The molecular formula is C12H18N2O4S. The lowest BCUT2D eigenvalue weighted by Crippen LogP contribution is -2.27. The summed E-state index contributed by atoms with van der Waals surface area (Å²) in [5, 5.41) is 13.2. The Morgan fingerprint density at radius 1 is 1.37 bits per heavy atom. The van der Waals surface area contributed by atoms with Crippen molar-refractivity contribution in [2.45, 2.75) is 25.6 Å². The van der Waals surface area contributed by atoms with Gasteiger partial charge in [0.2, 0.25) is 0 Å². The molecule has 0 spiro atoms. The number of hydrogen-bond donors (Lipinski definition) is 1. The van der Waals surface area contributed by atoms with E-state index in [1.54, 1.807) is 26.0 Å². The molecule has 19 heavy (non-hydrogen) atoms. The predicted molar refractivity (Wildman–Crippen MR) is 73.7 cm³/mol. The largest absolute Gasteiger partial charge is 0.312 e. The van der Waals surface area contributed by atoms with Crippen LogP contribution in [0.4, 0.5) is 5.69 Å². The molecule has 0 radical (unpaired) electrons. The van der Waals surface area contributed by atoms with Crippen molar-refractivity contribution in [2.75, 3.05) is 12.3 Å². The predicted octanol–water partition coefficient (Wildman–Crippen LogP) is 1.51. The Morgan fingerprint density at radius 2 is 2.05 bits per heavy atom. The fourth-order valence-corrected chi connectivity index (χ4v) is 2.36. The molecule has 1 aromatic carbocycles. The smallest absolute Gasteiger partial charge is 0.269 e. The van der Waals surface area contributed by atoms with E-state index in [0.717, 1.165) is 5.56 Å². The van der Waals surface area contributed by atoms with Crippen LogP contribution < -0.4 is 5.32 Å². The molecule has 0 unspecified atom stereocenters. The van der Waals surface area contributed by atoms with Crippen molar-refractivity contribution in [3.63, 3.8) is 0 Å². The molecule has 1 aromatic rings. The van der Waals surface area contributed by atoms with Crippen LogP contribution in [0.5, 0.6) is 0 Å². The summed E-state index contributed by atoms with van der Waals surface area (Å²) >= 11 is 0. The molecule has 7 heteroatoms. The minimum absolute atomic E-state index is 0.0362. The van der Waals surface area contributed by atoms with Crippen LogP contribution in [0.15, 0.2) is 24.3 Å². The summed E-state index contributed by atoms with van der Waals surface area (Å²) in [5.74, 6) is 0.0690. The van der Waals surface area contributed by atoms with Crippen LogP contribution in [0.1, 0.15) is 19.4 Å². The van der Waals surface area contributed by atoms with Crippen molar-refractivity contribution in [3.8, 4) is 0 Å². The van der Waals surface area contributed by atoms with Gasteiger partial charge in [-0.2, -0.15) is 0 Å². The number of nitrogens with zero attached hydrogens (tertiary/aromatic N) is 1. The van der Waals surface area contributed by atoms with Crippen molar-refractivity contribution in [1.29, 1.82) is 0 Å². The molecule has 0 aliphatic rings. The Hall–Kier alpha value is -1.47.